The van der Waals surface area contributed by atoms with Crippen molar-refractivity contribution in [3.05, 3.63) is 71.5 Å². The zero-order valence-corrected chi connectivity index (χ0v) is 18.7. The molecule has 7 nitrogen and oxygen atoms in total. The molecule has 170 valence electrons. The summed E-state index contributed by atoms with van der Waals surface area (Å²) in [6, 6.07) is 16.0. The minimum atomic E-state index is -0.861. The lowest BCUT2D eigenvalue weighted by molar-refractivity contribution is -0.138. The van der Waals surface area contributed by atoms with Crippen LogP contribution in [0.3, 0.4) is 0 Å². The molecule has 2 N–H and O–H groups in total. The molecule has 3 aromatic rings. The number of anilines is 3. The number of hydrogen-bond acceptors (Lipinski definition) is 6. The van der Waals surface area contributed by atoms with E-state index in [0.717, 1.165) is 52.6 Å². The third-order valence-corrected chi connectivity index (χ3v) is 6.17. The van der Waals surface area contributed by atoms with E-state index in [-0.39, 0.29) is 12.6 Å². The predicted octanol–water partition coefficient (Wildman–Crippen LogP) is 5.04. The maximum atomic E-state index is 11.4. The van der Waals surface area contributed by atoms with Crippen molar-refractivity contribution < 1.29 is 19.4 Å². The number of para-hydroxylation sites is 1. The Bertz CT molecular complexity index is 1180. The SMILES string of the molecule is CCCN(c1ccc(C)nc1)c1cccc2c1OCC2Nc1ccc2c(c1)OCC2C(=O)O. The van der Waals surface area contributed by atoms with Crippen LogP contribution in [-0.4, -0.2) is 35.8 Å². The van der Waals surface area contributed by atoms with Crippen molar-refractivity contribution in [2.24, 2.45) is 0 Å². The van der Waals surface area contributed by atoms with Gasteiger partial charge in [0.1, 0.15) is 30.6 Å². The molecule has 2 aliphatic heterocycles. The number of ether oxygens (including phenoxy) is 2. The lowest BCUT2D eigenvalue weighted by Crippen LogP contribution is -2.18. The van der Waals surface area contributed by atoms with Gasteiger partial charge in [0.2, 0.25) is 0 Å². The second-order valence-electron chi connectivity index (χ2n) is 8.47. The van der Waals surface area contributed by atoms with Crippen LogP contribution >= 0.6 is 0 Å². The molecule has 2 aromatic carbocycles. The molecule has 3 heterocycles. The average molecular weight is 446 g/mol. The highest BCUT2D eigenvalue weighted by Crippen LogP contribution is 2.44. The summed E-state index contributed by atoms with van der Waals surface area (Å²) >= 11 is 0. The fraction of sp³-hybridized carbons (Fsp3) is 0.308. The Morgan fingerprint density at radius 1 is 1.15 bits per heavy atom. The highest BCUT2D eigenvalue weighted by molar-refractivity contribution is 5.79. The third kappa shape index (κ3) is 3.95. The summed E-state index contributed by atoms with van der Waals surface area (Å²) in [5, 5.41) is 12.9. The third-order valence-electron chi connectivity index (χ3n) is 6.17. The van der Waals surface area contributed by atoms with Gasteiger partial charge >= 0.3 is 5.97 Å². The molecule has 0 bridgehead atoms. The molecule has 2 aliphatic rings. The molecule has 5 rings (SSSR count). The van der Waals surface area contributed by atoms with Gasteiger partial charge in [-0.2, -0.15) is 0 Å². The number of nitrogens with zero attached hydrogens (tertiary/aromatic N) is 2. The molecule has 0 fully saturated rings. The minimum absolute atomic E-state index is 0.0192. The molecule has 0 spiro atoms. The van der Waals surface area contributed by atoms with E-state index in [9.17, 15) is 9.90 Å². The smallest absolute Gasteiger partial charge is 0.314 e. The van der Waals surface area contributed by atoms with E-state index in [2.05, 4.69) is 46.4 Å². The molecule has 0 saturated carbocycles. The lowest BCUT2D eigenvalue weighted by atomic mass is 10.0. The minimum Gasteiger partial charge on any atom is -0.492 e. The monoisotopic (exact) mass is 445 g/mol. The van der Waals surface area contributed by atoms with Crippen LogP contribution in [0.2, 0.25) is 0 Å². The fourth-order valence-electron chi connectivity index (χ4n) is 4.50. The maximum absolute atomic E-state index is 11.4. The quantitative estimate of drug-likeness (QED) is 0.527. The van der Waals surface area contributed by atoms with E-state index in [4.69, 9.17) is 9.47 Å². The van der Waals surface area contributed by atoms with Gasteiger partial charge in [0.25, 0.3) is 0 Å². The first kappa shape index (κ1) is 21.1. The Morgan fingerprint density at radius 2 is 2.03 bits per heavy atom. The fourth-order valence-corrected chi connectivity index (χ4v) is 4.50. The number of benzene rings is 2. The van der Waals surface area contributed by atoms with Crippen LogP contribution in [-0.2, 0) is 4.79 Å². The summed E-state index contributed by atoms with van der Waals surface area (Å²) in [7, 11) is 0. The van der Waals surface area contributed by atoms with Crippen LogP contribution in [0.15, 0.2) is 54.7 Å². The van der Waals surface area contributed by atoms with Crippen LogP contribution in [0.1, 0.15) is 42.1 Å². The van der Waals surface area contributed by atoms with Crippen molar-refractivity contribution in [2.75, 3.05) is 30.0 Å². The Morgan fingerprint density at radius 3 is 2.79 bits per heavy atom. The second kappa shape index (κ2) is 8.65. The second-order valence-corrected chi connectivity index (χ2v) is 8.47. The van der Waals surface area contributed by atoms with Gasteiger partial charge in [-0.3, -0.25) is 9.78 Å². The standard InChI is InChI=1S/C26H27N3O4/c1-3-11-29(18-9-7-16(2)27-13-18)23-6-4-5-20-22(15-33-25(20)23)28-17-8-10-19-21(26(30)31)14-32-24(19)12-17/h4-10,12-13,21-22,28H,3,11,14-15H2,1-2H3,(H,30,31). The molecular formula is C26H27N3O4. The molecule has 2 unspecified atom stereocenters. The zero-order chi connectivity index (χ0) is 22.9. The summed E-state index contributed by atoms with van der Waals surface area (Å²) in [4.78, 5) is 18.1. The molecule has 7 heteroatoms. The highest BCUT2D eigenvalue weighted by Gasteiger charge is 2.32. The van der Waals surface area contributed by atoms with Crippen molar-refractivity contribution in [1.82, 2.24) is 4.98 Å². The molecule has 0 amide bonds. The van der Waals surface area contributed by atoms with E-state index >= 15 is 0 Å². The van der Waals surface area contributed by atoms with Crippen molar-refractivity contribution >= 4 is 23.0 Å². The number of aromatic nitrogens is 1. The van der Waals surface area contributed by atoms with Gasteiger partial charge in [0.05, 0.1) is 23.6 Å². The Balaban J connectivity index is 1.41. The molecule has 2 atom stereocenters. The topological polar surface area (TPSA) is 83.9 Å². The summed E-state index contributed by atoms with van der Waals surface area (Å²) in [5.41, 5.74) is 5.76. The van der Waals surface area contributed by atoms with Crippen LogP contribution in [0.4, 0.5) is 17.1 Å². The number of carboxylic acid groups (broad SMARTS) is 1. The van der Waals surface area contributed by atoms with E-state index in [1.165, 1.54) is 0 Å². The first-order valence-corrected chi connectivity index (χ1v) is 11.3. The van der Waals surface area contributed by atoms with Gasteiger partial charge in [0, 0.05) is 35.1 Å². The van der Waals surface area contributed by atoms with Crippen LogP contribution < -0.4 is 19.7 Å². The molecule has 0 saturated heterocycles. The maximum Gasteiger partial charge on any atom is 0.314 e. The average Bonchev–Trinajstić information content (AvgIpc) is 3.42. The number of carbonyl (C=O) groups is 1. The van der Waals surface area contributed by atoms with Crippen LogP contribution in [0, 0.1) is 6.92 Å². The van der Waals surface area contributed by atoms with Crippen molar-refractivity contribution in [3.8, 4) is 11.5 Å². The van der Waals surface area contributed by atoms with Gasteiger partial charge < -0.3 is 24.8 Å². The van der Waals surface area contributed by atoms with Gasteiger partial charge in [-0.15, -0.1) is 0 Å². The number of carboxylic acids is 1. The molecule has 1 aromatic heterocycles. The van der Waals surface area contributed by atoms with E-state index in [1.54, 1.807) is 0 Å². The number of aliphatic carboxylic acids is 1. The molecule has 0 aliphatic carbocycles. The van der Waals surface area contributed by atoms with Gasteiger partial charge in [-0.25, -0.2) is 0 Å². The Labute approximate surface area is 193 Å². The molecule has 0 radical (unpaired) electrons. The Kier molecular flexibility index (Phi) is 5.54. The number of fused-ring (bicyclic) bond motifs is 2. The zero-order valence-electron chi connectivity index (χ0n) is 18.7. The summed E-state index contributed by atoms with van der Waals surface area (Å²) in [6.07, 6.45) is 2.90. The van der Waals surface area contributed by atoms with E-state index in [1.807, 2.05) is 37.4 Å². The largest absolute Gasteiger partial charge is 0.492 e. The number of aryl methyl sites for hydroxylation is 1. The summed E-state index contributed by atoms with van der Waals surface area (Å²) in [5.74, 6) is 0.0436. The number of nitrogens with one attached hydrogen (secondary N) is 1. The van der Waals surface area contributed by atoms with E-state index in [0.29, 0.717) is 12.4 Å². The van der Waals surface area contributed by atoms with Gasteiger partial charge in [0.15, 0.2) is 0 Å². The number of hydrogen-bond donors (Lipinski definition) is 2. The van der Waals surface area contributed by atoms with E-state index < -0.39 is 11.9 Å². The van der Waals surface area contributed by atoms with Crippen molar-refractivity contribution in [3.63, 3.8) is 0 Å². The first-order valence-electron chi connectivity index (χ1n) is 11.3. The molecular weight excluding hydrogens is 418 g/mol. The summed E-state index contributed by atoms with van der Waals surface area (Å²) < 4.78 is 11.8. The normalized spacial score (nSPS) is 18.1. The van der Waals surface area contributed by atoms with Crippen LogP contribution in [0.5, 0.6) is 11.5 Å². The van der Waals surface area contributed by atoms with Gasteiger partial charge in [-0.05, 0) is 37.6 Å². The van der Waals surface area contributed by atoms with Crippen molar-refractivity contribution in [1.29, 1.82) is 0 Å². The number of pyridine rings is 1. The predicted molar refractivity (Wildman–Crippen MR) is 127 cm³/mol. The highest BCUT2D eigenvalue weighted by atomic mass is 16.5. The first-order chi connectivity index (χ1) is 16.0. The van der Waals surface area contributed by atoms with Crippen molar-refractivity contribution in [2.45, 2.75) is 32.2 Å². The van der Waals surface area contributed by atoms with Gasteiger partial charge in [-0.1, -0.05) is 25.1 Å². The molecule has 33 heavy (non-hydrogen) atoms. The summed E-state index contributed by atoms with van der Waals surface area (Å²) in [6.45, 7) is 5.69. The van der Waals surface area contributed by atoms with Crippen LogP contribution in [0.25, 0.3) is 0 Å². The number of rotatable bonds is 7. The lowest BCUT2D eigenvalue weighted by Gasteiger charge is -2.26. The Hall–Kier alpha value is -3.74.